The Hall–Kier alpha value is -4.57. The first-order valence-electron chi connectivity index (χ1n) is 15.7. The molecule has 0 amide bonds. The van der Waals surface area contributed by atoms with E-state index in [-0.39, 0.29) is 15.9 Å². The third kappa shape index (κ3) is 5.89. The number of hydrogen-bond donors (Lipinski definition) is 2. The first-order chi connectivity index (χ1) is 22.2. The molecule has 0 radical (unpaired) electrons. The van der Waals surface area contributed by atoms with Crippen molar-refractivity contribution in [3.05, 3.63) is 143 Å². The molecule has 0 saturated carbocycles. The molecular weight excluding hydrogens is 596 g/mol. The number of carboxylic acid groups (broad SMARTS) is 1. The lowest BCUT2D eigenvalue weighted by molar-refractivity contribution is -0.862. The highest BCUT2D eigenvalue weighted by molar-refractivity contribution is 7.89. The van der Waals surface area contributed by atoms with Crippen LogP contribution in [0.25, 0.3) is 0 Å². The lowest BCUT2D eigenvalue weighted by atomic mass is 9.75. The van der Waals surface area contributed by atoms with Crippen molar-refractivity contribution < 1.29 is 22.9 Å². The van der Waals surface area contributed by atoms with Gasteiger partial charge in [-0.15, -0.1) is 4.59 Å². The molecule has 0 fully saturated rings. The molecule has 0 aromatic heterocycles. The number of aliphatic carboxylic acids is 1. The van der Waals surface area contributed by atoms with Crippen molar-refractivity contribution >= 4 is 28.0 Å². The lowest BCUT2D eigenvalue weighted by Crippen LogP contribution is -2.67. The van der Waals surface area contributed by atoms with Gasteiger partial charge in [0.15, 0.2) is 0 Å². The van der Waals surface area contributed by atoms with Gasteiger partial charge in [0.25, 0.3) is 10.0 Å². The van der Waals surface area contributed by atoms with Gasteiger partial charge in [-0.1, -0.05) is 110 Å². The third-order valence-corrected chi connectivity index (χ3v) is 10.3. The third-order valence-electron chi connectivity index (χ3n) is 8.82. The fraction of sp³-hybridized carbons (Fsp3) is 0.243. The number of carbonyl (C=O) groups excluding carboxylic acids is 1. The Bertz CT molecular complexity index is 1760. The number of unbranched alkanes of at least 4 members (excludes halogenated alkanes) is 1. The minimum atomic E-state index is -4.19. The van der Waals surface area contributed by atoms with E-state index in [9.17, 15) is 18.3 Å². The number of nitrogens with one attached hydrogen (secondary N) is 2. The molecule has 0 bridgehead atoms. The van der Waals surface area contributed by atoms with Crippen molar-refractivity contribution in [3.8, 4) is 0 Å². The molecule has 8 nitrogen and oxygen atoms in total. The Labute approximate surface area is 270 Å². The fourth-order valence-corrected chi connectivity index (χ4v) is 8.26. The van der Waals surface area contributed by atoms with Crippen molar-refractivity contribution in [3.63, 3.8) is 0 Å². The van der Waals surface area contributed by atoms with E-state index in [0.717, 1.165) is 28.7 Å². The summed E-state index contributed by atoms with van der Waals surface area (Å²) >= 11 is 0. The number of aliphatic imine (C=N–C) groups is 1. The van der Waals surface area contributed by atoms with Crippen LogP contribution in [0.1, 0.15) is 54.9 Å². The number of carbonyl (C=O) groups is 1. The summed E-state index contributed by atoms with van der Waals surface area (Å²) in [5, 5.41) is 14.5. The Kier molecular flexibility index (Phi) is 8.90. The number of fused-ring (bicyclic) bond motifs is 1. The number of hydrogen-bond acceptors (Lipinski definition) is 6. The topological polar surface area (TPSA) is 111 Å². The maximum atomic E-state index is 14.8. The molecule has 2 N–H and O–H groups in total. The molecule has 9 heteroatoms. The maximum Gasteiger partial charge on any atom is 0.285 e. The number of rotatable bonds is 12. The highest BCUT2D eigenvalue weighted by Crippen LogP contribution is 2.48. The minimum absolute atomic E-state index is 0.0453. The number of anilines is 1. The second-order valence-corrected chi connectivity index (χ2v) is 13.7. The van der Waals surface area contributed by atoms with E-state index in [1.165, 1.54) is 0 Å². The summed E-state index contributed by atoms with van der Waals surface area (Å²) in [4.78, 5) is 19.2. The van der Waals surface area contributed by atoms with Crippen LogP contribution in [0.3, 0.4) is 0 Å². The van der Waals surface area contributed by atoms with E-state index in [1.807, 2.05) is 103 Å². The Morgan fingerprint density at radius 1 is 0.891 bits per heavy atom. The Morgan fingerprint density at radius 2 is 1.48 bits per heavy atom. The van der Waals surface area contributed by atoms with Crippen LogP contribution < -0.4 is 15.3 Å². The zero-order valence-electron chi connectivity index (χ0n) is 25.8. The second kappa shape index (κ2) is 13.0. The number of quaternary nitrogens is 1. The highest BCUT2D eigenvalue weighted by Gasteiger charge is 2.58. The molecule has 0 aliphatic carbocycles. The van der Waals surface area contributed by atoms with Crippen molar-refractivity contribution in [2.75, 3.05) is 11.9 Å². The largest absolute Gasteiger partial charge is 0.550 e. The second-order valence-electron chi connectivity index (χ2n) is 12.1. The van der Waals surface area contributed by atoms with Crippen LogP contribution >= 0.6 is 0 Å². The Morgan fingerprint density at radius 3 is 2.04 bits per heavy atom. The van der Waals surface area contributed by atoms with Gasteiger partial charge in [-0.3, -0.25) is 0 Å². The maximum absolute atomic E-state index is 14.8. The van der Waals surface area contributed by atoms with Crippen LogP contribution in [0, 0.1) is 5.92 Å². The molecule has 0 spiro atoms. The quantitative estimate of drug-likeness (QED) is 0.122. The van der Waals surface area contributed by atoms with Crippen LogP contribution in [0.4, 0.5) is 5.69 Å². The zero-order chi connectivity index (χ0) is 32.2. The van der Waals surface area contributed by atoms with Gasteiger partial charge >= 0.3 is 0 Å². The van der Waals surface area contributed by atoms with Gasteiger partial charge in [-0.2, -0.15) is 0 Å². The van der Waals surface area contributed by atoms with Crippen LogP contribution in [0.2, 0.25) is 0 Å². The van der Waals surface area contributed by atoms with E-state index >= 15 is 0 Å². The lowest BCUT2D eigenvalue weighted by Gasteiger charge is -2.46. The molecule has 236 valence electrons. The van der Waals surface area contributed by atoms with Gasteiger partial charge in [0.2, 0.25) is 11.9 Å². The van der Waals surface area contributed by atoms with Crippen LogP contribution in [-0.2, 0) is 26.8 Å². The predicted molar refractivity (Wildman–Crippen MR) is 178 cm³/mol. The number of allylic oxidation sites excluding steroid dienone is 1. The van der Waals surface area contributed by atoms with Gasteiger partial charge in [0, 0.05) is 29.2 Å². The Balaban J connectivity index is 1.59. The first-order valence-corrected chi connectivity index (χ1v) is 17.2. The standard InChI is InChI=1S/C37H38N4O4S/c1-28-24-29-14-13-22-34(36(29)38-25-28)46(44,45)40-41(26-33(39-27-41)21-11-12-23-35(42)43)37(30-15-5-2-6-16-30,31-17-7-3-8-18-31)32-19-9-4-10-20-32/h2-10,13-20,22,26-28,38,40H,11-12,21,23-25H2,1H3/t28?,41-/m1/s1. The van der Waals surface area contributed by atoms with Gasteiger partial charge < -0.3 is 15.2 Å². The summed E-state index contributed by atoms with van der Waals surface area (Å²) in [5.74, 6) is -0.709. The number of para-hydroxylation sites is 1. The SMILES string of the molecule is CC1CNc2c(cccc2S(=O)(=O)N[N@@+]2(C(c3ccccc3)(c3ccccc3)c3ccccc3)C=NC(CCCCC(=O)[O-])=C2)C1. The molecule has 6 rings (SSSR count). The molecule has 46 heavy (non-hydrogen) atoms. The van der Waals surface area contributed by atoms with E-state index < -0.39 is 21.5 Å². The molecule has 4 aromatic carbocycles. The number of nitrogens with zero attached hydrogens (tertiary/aromatic N) is 2. The molecule has 1 unspecified atom stereocenters. The van der Waals surface area contributed by atoms with Gasteiger partial charge in [0.1, 0.15) is 16.8 Å². The summed E-state index contributed by atoms with van der Waals surface area (Å²) in [6.45, 7) is 2.82. The van der Waals surface area contributed by atoms with Crippen molar-refractivity contribution in [1.82, 2.24) is 4.83 Å². The van der Waals surface area contributed by atoms with E-state index in [2.05, 4.69) is 17.1 Å². The molecule has 4 aromatic rings. The van der Waals surface area contributed by atoms with Crippen LogP contribution in [-0.4, -0.2) is 31.9 Å². The smallest absolute Gasteiger partial charge is 0.285 e. The monoisotopic (exact) mass is 634 g/mol. The van der Waals surface area contributed by atoms with E-state index in [0.29, 0.717) is 43.1 Å². The summed E-state index contributed by atoms with van der Waals surface area (Å²) in [5.41, 5.74) is 3.68. The normalized spacial score (nSPS) is 19.2. The average Bonchev–Trinajstić information content (AvgIpc) is 3.47. The summed E-state index contributed by atoms with van der Waals surface area (Å²) in [6.07, 6.45) is 5.75. The molecule has 0 saturated heterocycles. The summed E-state index contributed by atoms with van der Waals surface area (Å²) in [6, 6.07) is 35.1. The highest BCUT2D eigenvalue weighted by atomic mass is 32.2. The molecule has 2 atom stereocenters. The summed E-state index contributed by atoms with van der Waals surface area (Å²) < 4.78 is 29.2. The van der Waals surface area contributed by atoms with Gasteiger partial charge in [-0.25, -0.2) is 13.4 Å². The number of carboxylic acids is 1. The van der Waals surface area contributed by atoms with E-state index in [1.54, 1.807) is 18.5 Å². The minimum Gasteiger partial charge on any atom is -0.550 e. The molecule has 2 heterocycles. The molecular formula is C37H38N4O4S. The van der Waals surface area contributed by atoms with Crippen molar-refractivity contribution in [2.24, 2.45) is 10.9 Å². The van der Waals surface area contributed by atoms with Crippen molar-refractivity contribution in [1.29, 1.82) is 0 Å². The predicted octanol–water partition coefficient (Wildman–Crippen LogP) is 5.49. The molecule has 2 aliphatic heterocycles. The van der Waals surface area contributed by atoms with E-state index in [4.69, 9.17) is 4.99 Å². The molecule has 2 aliphatic rings. The van der Waals surface area contributed by atoms with Crippen molar-refractivity contribution in [2.45, 2.75) is 49.5 Å². The zero-order valence-corrected chi connectivity index (χ0v) is 26.6. The average molecular weight is 635 g/mol. The van der Waals surface area contributed by atoms with Gasteiger partial charge in [0.05, 0.1) is 5.69 Å². The number of sulfonamides is 1. The fourth-order valence-electron chi connectivity index (χ4n) is 6.80. The number of benzene rings is 4. The van der Waals surface area contributed by atoms with Crippen LogP contribution in [0.5, 0.6) is 0 Å². The van der Waals surface area contributed by atoms with Crippen LogP contribution in [0.15, 0.2) is 131 Å². The summed E-state index contributed by atoms with van der Waals surface area (Å²) in [7, 11) is -4.19. The van der Waals surface area contributed by atoms with Gasteiger partial charge in [-0.05, 0) is 54.5 Å². The first kappa shape index (κ1) is 31.4.